The van der Waals surface area contributed by atoms with Crippen LogP contribution in [0.15, 0.2) is 5.10 Å². The number of hydrogen-bond acceptors (Lipinski definition) is 6. The molecule has 0 saturated heterocycles. The molecule has 0 atom stereocenters. The minimum Gasteiger partial charge on any atom is -0.444 e. The van der Waals surface area contributed by atoms with Gasteiger partial charge in [0.15, 0.2) is 11.7 Å². The van der Waals surface area contributed by atoms with Gasteiger partial charge in [-0.1, -0.05) is 0 Å². The minimum absolute atomic E-state index is 0.228. The molecule has 122 valence electrons. The van der Waals surface area contributed by atoms with Crippen molar-refractivity contribution in [2.75, 3.05) is 7.05 Å². The Morgan fingerprint density at radius 3 is 2.55 bits per heavy atom. The van der Waals surface area contributed by atoms with Crippen LogP contribution >= 0.6 is 0 Å². The van der Waals surface area contributed by atoms with Gasteiger partial charge in [-0.25, -0.2) is 20.7 Å². The van der Waals surface area contributed by atoms with Crippen LogP contribution in [0.2, 0.25) is 0 Å². The number of ether oxygens (including phenoxy) is 1. The van der Waals surface area contributed by atoms with Gasteiger partial charge >= 0.3 is 6.09 Å². The number of hydrazine groups is 1. The molecule has 22 heavy (non-hydrogen) atoms. The van der Waals surface area contributed by atoms with Crippen molar-refractivity contribution >= 4 is 11.9 Å². The maximum absolute atomic E-state index is 12.1. The third-order valence-corrected chi connectivity index (χ3v) is 3.12. The van der Waals surface area contributed by atoms with E-state index in [0.29, 0.717) is 18.9 Å². The summed E-state index contributed by atoms with van der Waals surface area (Å²) in [4.78, 5) is 18.2. The molecule has 9 nitrogen and oxygen atoms in total. The Balaban J connectivity index is 2.16. The fourth-order valence-corrected chi connectivity index (χ4v) is 2.23. The number of amidine groups is 1. The van der Waals surface area contributed by atoms with Gasteiger partial charge in [-0.3, -0.25) is 4.90 Å². The third kappa shape index (κ3) is 3.30. The van der Waals surface area contributed by atoms with E-state index in [1.807, 2.05) is 32.4 Å². The van der Waals surface area contributed by atoms with E-state index < -0.39 is 5.60 Å². The van der Waals surface area contributed by atoms with Crippen LogP contribution < -0.4 is 11.6 Å². The number of carbonyl (C=O) groups excluding carboxylic acids is 1. The van der Waals surface area contributed by atoms with E-state index >= 15 is 0 Å². The van der Waals surface area contributed by atoms with Crippen LogP contribution in [0.3, 0.4) is 0 Å². The van der Waals surface area contributed by atoms with E-state index in [1.165, 1.54) is 0 Å². The Bertz CT molecular complexity index is 613. The van der Waals surface area contributed by atoms with Gasteiger partial charge in [0.1, 0.15) is 5.60 Å². The molecule has 9 heteroatoms. The molecule has 0 aromatic carbocycles. The average molecular weight is 309 g/mol. The number of hydrazone groups is 1. The Morgan fingerprint density at radius 1 is 1.41 bits per heavy atom. The molecule has 0 bridgehead atoms. The predicted octanol–water partition coefficient (Wildman–Crippen LogP) is 0.0966. The summed E-state index contributed by atoms with van der Waals surface area (Å²) in [5, 5.41) is 5.07. The molecule has 0 unspecified atom stereocenters. The van der Waals surface area contributed by atoms with Crippen LogP contribution in [0.5, 0.6) is 0 Å². The molecular formula is C13H23N7O2. The van der Waals surface area contributed by atoms with E-state index in [9.17, 15) is 4.79 Å². The predicted molar refractivity (Wildman–Crippen MR) is 81.4 cm³/mol. The van der Waals surface area contributed by atoms with Crippen molar-refractivity contribution in [3.8, 4) is 0 Å². The molecule has 1 aliphatic rings. The lowest BCUT2D eigenvalue weighted by atomic mass is 10.2. The zero-order valence-electron chi connectivity index (χ0n) is 13.6. The van der Waals surface area contributed by atoms with E-state index in [-0.39, 0.29) is 11.9 Å². The van der Waals surface area contributed by atoms with Crippen LogP contribution in [0, 0.1) is 0 Å². The van der Waals surface area contributed by atoms with Crippen molar-refractivity contribution in [3.05, 3.63) is 17.2 Å². The second-order valence-corrected chi connectivity index (χ2v) is 6.28. The van der Waals surface area contributed by atoms with Crippen LogP contribution in [0.25, 0.3) is 0 Å². The zero-order chi connectivity index (χ0) is 16.7. The summed E-state index contributed by atoms with van der Waals surface area (Å²) in [6.07, 6.45) is -0.351. The maximum atomic E-state index is 12.1. The molecule has 0 saturated carbocycles. The number of nitrogens with zero attached hydrogens (tertiary/aromatic N) is 5. The van der Waals surface area contributed by atoms with Crippen molar-refractivity contribution < 1.29 is 9.53 Å². The smallest absolute Gasteiger partial charge is 0.410 e. The second kappa shape index (κ2) is 5.48. The molecule has 0 spiro atoms. The molecule has 0 aliphatic carbocycles. The van der Waals surface area contributed by atoms with Crippen molar-refractivity contribution in [1.29, 1.82) is 0 Å². The first-order valence-electron chi connectivity index (χ1n) is 6.93. The number of hydrogen-bond donors (Lipinski definition) is 2. The lowest BCUT2D eigenvalue weighted by Crippen LogP contribution is -2.34. The molecule has 0 radical (unpaired) electrons. The van der Waals surface area contributed by atoms with E-state index in [1.54, 1.807) is 11.9 Å². The van der Waals surface area contributed by atoms with Crippen LogP contribution in [-0.2, 0) is 24.9 Å². The molecular weight excluding hydrogens is 286 g/mol. The Labute approximate surface area is 129 Å². The summed E-state index contributed by atoms with van der Waals surface area (Å²) < 4.78 is 7.19. The fourth-order valence-electron chi connectivity index (χ4n) is 2.23. The Kier molecular flexibility index (Phi) is 4.01. The topological polar surface area (TPSA) is 115 Å². The lowest BCUT2D eigenvalue weighted by Gasteiger charge is -2.24. The third-order valence-electron chi connectivity index (χ3n) is 3.12. The molecule has 2 rings (SSSR count). The van der Waals surface area contributed by atoms with Crippen LogP contribution in [0.4, 0.5) is 4.79 Å². The summed E-state index contributed by atoms with van der Waals surface area (Å²) in [5.41, 5.74) is 7.06. The highest BCUT2D eigenvalue weighted by molar-refractivity contribution is 5.94. The van der Waals surface area contributed by atoms with E-state index in [4.69, 9.17) is 16.3 Å². The van der Waals surface area contributed by atoms with Gasteiger partial charge in [0, 0.05) is 14.1 Å². The van der Waals surface area contributed by atoms with Crippen LogP contribution in [-0.4, -0.2) is 44.1 Å². The standard InChI is InChI=1S/C13H23N7O2/c1-13(2,3)22-12(21)20-6-8-9(7-20)18(4)11(16-8)10(14)17-19(5)15/h6-7,15H2,1-5H3,(H2,14,17). The van der Waals surface area contributed by atoms with Gasteiger partial charge in [-0.2, -0.15) is 0 Å². The molecule has 2 heterocycles. The van der Waals surface area contributed by atoms with Gasteiger partial charge in [0.25, 0.3) is 0 Å². The highest BCUT2D eigenvalue weighted by Crippen LogP contribution is 2.24. The quantitative estimate of drug-likeness (QED) is 0.346. The largest absolute Gasteiger partial charge is 0.444 e. The highest BCUT2D eigenvalue weighted by atomic mass is 16.6. The van der Waals surface area contributed by atoms with Gasteiger partial charge in [0.2, 0.25) is 0 Å². The number of fused-ring (bicyclic) bond motifs is 1. The normalized spacial score (nSPS) is 15.0. The first-order chi connectivity index (χ1) is 10.1. The number of nitrogens with two attached hydrogens (primary N) is 2. The number of aromatic nitrogens is 2. The zero-order valence-corrected chi connectivity index (χ0v) is 13.6. The van der Waals surface area contributed by atoms with Crippen molar-refractivity contribution in [1.82, 2.24) is 19.6 Å². The monoisotopic (exact) mass is 309 g/mol. The molecule has 4 N–H and O–H groups in total. The number of rotatable bonds is 2. The Morgan fingerprint density at radius 2 is 2.05 bits per heavy atom. The molecule has 1 aliphatic heterocycles. The SMILES string of the molecule is CN(N)/N=C(\N)c1nc2c(n1C)CN(C(=O)OC(C)(C)C)C2. The fraction of sp³-hybridized carbons (Fsp3) is 0.615. The van der Waals surface area contributed by atoms with Crippen molar-refractivity contribution in [3.63, 3.8) is 0 Å². The summed E-state index contributed by atoms with van der Waals surface area (Å²) in [5.74, 6) is 6.21. The number of carbonyl (C=O) groups is 1. The first kappa shape index (κ1) is 16.1. The summed E-state index contributed by atoms with van der Waals surface area (Å²) in [6, 6.07) is 0. The van der Waals surface area contributed by atoms with Gasteiger partial charge in [0.05, 0.1) is 24.5 Å². The Hall–Kier alpha value is -2.29. The molecule has 0 fully saturated rings. The van der Waals surface area contributed by atoms with Gasteiger partial charge in [-0.05, 0) is 20.8 Å². The average Bonchev–Trinajstić information content (AvgIpc) is 2.86. The molecule has 1 amide bonds. The number of amides is 1. The minimum atomic E-state index is -0.521. The van der Waals surface area contributed by atoms with Crippen LogP contribution in [0.1, 0.15) is 38.0 Å². The molecule has 1 aromatic heterocycles. The van der Waals surface area contributed by atoms with E-state index in [0.717, 1.165) is 16.5 Å². The maximum Gasteiger partial charge on any atom is 0.410 e. The second-order valence-electron chi connectivity index (χ2n) is 6.28. The van der Waals surface area contributed by atoms with Gasteiger partial charge in [-0.15, -0.1) is 5.10 Å². The highest BCUT2D eigenvalue weighted by Gasteiger charge is 2.32. The lowest BCUT2D eigenvalue weighted by molar-refractivity contribution is 0.0237. The van der Waals surface area contributed by atoms with E-state index in [2.05, 4.69) is 10.1 Å². The number of imidazole rings is 1. The summed E-state index contributed by atoms with van der Waals surface area (Å²) in [7, 11) is 3.41. The first-order valence-corrected chi connectivity index (χ1v) is 6.93. The summed E-state index contributed by atoms with van der Waals surface area (Å²) >= 11 is 0. The van der Waals surface area contributed by atoms with Crippen molar-refractivity contribution in [2.24, 2.45) is 23.7 Å². The summed E-state index contributed by atoms with van der Waals surface area (Å²) in [6.45, 7) is 6.34. The van der Waals surface area contributed by atoms with Gasteiger partial charge < -0.3 is 15.0 Å². The van der Waals surface area contributed by atoms with Crippen molar-refractivity contribution in [2.45, 2.75) is 39.5 Å². The molecule has 1 aromatic rings.